The number of amides is 1. The van der Waals surface area contributed by atoms with Gasteiger partial charge in [-0.3, -0.25) is 9.48 Å². The number of aryl methyl sites for hydroxylation is 6. The molecule has 2 aromatic heterocycles. The van der Waals surface area contributed by atoms with Crippen LogP contribution in [0.4, 0.5) is 0 Å². The number of carbonyl (C=O) groups is 2. The smallest absolute Gasteiger partial charge is 0.335 e. The standard InChI is InChI=1S/C37H38BrClN4O4/c1-21-15-28(16-22(2)33(21)39)47-14-7-11-30-29-9-6-10-31(32-23(3)40-41(5)24(32)4)34(29)43-13-8-12-42(36(44)35(30)43)20-25-17-26(37(45)46)19-27(38)18-25/h6,9-10,15-19H,7-8,11-14,20H2,1-5H3,(H,45,46). The van der Waals surface area contributed by atoms with Crippen molar-refractivity contribution in [3.63, 3.8) is 0 Å². The fourth-order valence-electron chi connectivity index (χ4n) is 6.90. The van der Waals surface area contributed by atoms with Crippen LogP contribution < -0.4 is 4.74 Å². The van der Waals surface area contributed by atoms with Gasteiger partial charge in [-0.25, -0.2) is 4.79 Å². The van der Waals surface area contributed by atoms with E-state index in [9.17, 15) is 14.7 Å². The molecule has 0 spiro atoms. The van der Waals surface area contributed by atoms with Gasteiger partial charge in [0.25, 0.3) is 5.91 Å². The van der Waals surface area contributed by atoms with E-state index in [0.717, 1.165) is 72.9 Å². The number of rotatable bonds is 9. The maximum absolute atomic E-state index is 14.6. The van der Waals surface area contributed by atoms with Crippen LogP contribution in [0.15, 0.2) is 53.0 Å². The van der Waals surface area contributed by atoms with Crippen LogP contribution in [0.25, 0.3) is 22.0 Å². The highest BCUT2D eigenvalue weighted by molar-refractivity contribution is 9.10. The van der Waals surface area contributed by atoms with Gasteiger partial charge in [0.15, 0.2) is 0 Å². The Morgan fingerprint density at radius 3 is 2.49 bits per heavy atom. The van der Waals surface area contributed by atoms with Crippen molar-refractivity contribution in [3.05, 3.63) is 103 Å². The van der Waals surface area contributed by atoms with E-state index in [1.807, 2.05) is 55.6 Å². The second-order valence-electron chi connectivity index (χ2n) is 12.4. The first-order chi connectivity index (χ1) is 22.4. The number of aromatic carboxylic acids is 1. The third-order valence-electron chi connectivity index (χ3n) is 9.09. The highest BCUT2D eigenvalue weighted by Gasteiger charge is 2.31. The molecule has 1 amide bonds. The minimum absolute atomic E-state index is 0.0546. The van der Waals surface area contributed by atoms with E-state index in [1.165, 1.54) is 0 Å². The van der Waals surface area contributed by atoms with Crippen molar-refractivity contribution in [3.8, 4) is 16.9 Å². The summed E-state index contributed by atoms with van der Waals surface area (Å²) in [5.41, 5.74) is 9.82. The summed E-state index contributed by atoms with van der Waals surface area (Å²) >= 11 is 9.82. The van der Waals surface area contributed by atoms with Crippen LogP contribution >= 0.6 is 27.5 Å². The Hall–Kier alpha value is -4.08. The number of carboxylic acid groups (broad SMARTS) is 1. The maximum atomic E-state index is 14.6. The molecule has 0 radical (unpaired) electrons. The lowest BCUT2D eigenvalue weighted by Crippen LogP contribution is -2.31. The molecule has 10 heteroatoms. The fraction of sp³-hybridized carbons (Fsp3) is 0.324. The summed E-state index contributed by atoms with van der Waals surface area (Å²) in [5.74, 6) is -0.274. The molecule has 5 aromatic rings. The molecular weight excluding hydrogens is 680 g/mol. The summed E-state index contributed by atoms with van der Waals surface area (Å²) in [7, 11) is 1.96. The summed E-state index contributed by atoms with van der Waals surface area (Å²) in [5, 5.41) is 16.1. The monoisotopic (exact) mass is 716 g/mol. The zero-order valence-electron chi connectivity index (χ0n) is 27.3. The van der Waals surface area contributed by atoms with Gasteiger partial charge < -0.3 is 19.3 Å². The fourth-order valence-corrected chi connectivity index (χ4v) is 7.55. The number of ether oxygens (including phenoxy) is 1. The zero-order valence-corrected chi connectivity index (χ0v) is 29.6. The van der Waals surface area contributed by atoms with Gasteiger partial charge in [0.1, 0.15) is 11.4 Å². The number of benzene rings is 3. The first-order valence-electron chi connectivity index (χ1n) is 15.8. The topological polar surface area (TPSA) is 89.6 Å². The van der Waals surface area contributed by atoms with Gasteiger partial charge in [-0.05, 0) is 99.5 Å². The largest absolute Gasteiger partial charge is 0.494 e. The highest BCUT2D eigenvalue weighted by atomic mass is 79.9. The number of para-hydroxylation sites is 1. The van der Waals surface area contributed by atoms with Gasteiger partial charge in [-0.2, -0.15) is 5.10 Å². The number of carboxylic acids is 1. The van der Waals surface area contributed by atoms with Crippen LogP contribution in [0.3, 0.4) is 0 Å². The Bertz CT molecular complexity index is 2020. The third kappa shape index (κ3) is 6.31. The normalized spacial score (nSPS) is 13.3. The summed E-state index contributed by atoms with van der Waals surface area (Å²) in [6.45, 7) is 10.1. The van der Waals surface area contributed by atoms with Crippen LogP contribution in [0.1, 0.15) is 67.3 Å². The molecule has 3 heterocycles. The van der Waals surface area contributed by atoms with Crippen molar-refractivity contribution < 1.29 is 19.4 Å². The Labute approximate surface area is 288 Å². The van der Waals surface area contributed by atoms with Gasteiger partial charge >= 0.3 is 5.97 Å². The Balaban J connectivity index is 1.41. The van der Waals surface area contributed by atoms with Crippen molar-refractivity contribution in [2.24, 2.45) is 7.05 Å². The van der Waals surface area contributed by atoms with Crippen molar-refractivity contribution in [1.29, 1.82) is 0 Å². The molecule has 0 saturated heterocycles. The maximum Gasteiger partial charge on any atom is 0.335 e. The molecule has 47 heavy (non-hydrogen) atoms. The second kappa shape index (κ2) is 13.2. The van der Waals surface area contributed by atoms with Gasteiger partial charge in [0.2, 0.25) is 0 Å². The van der Waals surface area contributed by atoms with Crippen molar-refractivity contribution in [1.82, 2.24) is 19.2 Å². The van der Waals surface area contributed by atoms with E-state index >= 15 is 0 Å². The van der Waals surface area contributed by atoms with E-state index in [1.54, 1.807) is 12.1 Å². The number of fused-ring (bicyclic) bond motifs is 3. The van der Waals surface area contributed by atoms with Crippen LogP contribution in [-0.4, -0.2) is 49.4 Å². The first-order valence-corrected chi connectivity index (χ1v) is 17.0. The number of hydrogen-bond donors (Lipinski definition) is 1. The lowest BCUT2D eigenvalue weighted by Gasteiger charge is -2.21. The van der Waals surface area contributed by atoms with E-state index in [-0.39, 0.29) is 11.5 Å². The molecule has 6 rings (SSSR count). The summed E-state index contributed by atoms with van der Waals surface area (Å²) in [6.07, 6.45) is 2.13. The molecule has 1 N–H and O–H groups in total. The first kappa shape index (κ1) is 32.8. The zero-order chi connectivity index (χ0) is 33.6. The van der Waals surface area contributed by atoms with Gasteiger partial charge in [-0.15, -0.1) is 0 Å². The highest BCUT2D eigenvalue weighted by Crippen LogP contribution is 2.39. The molecule has 1 aliphatic heterocycles. The lowest BCUT2D eigenvalue weighted by atomic mass is 9.98. The van der Waals surface area contributed by atoms with E-state index in [4.69, 9.17) is 21.4 Å². The number of carbonyl (C=O) groups excluding carboxylic acids is 1. The Morgan fingerprint density at radius 1 is 1.06 bits per heavy atom. The summed E-state index contributed by atoms with van der Waals surface area (Å²) < 4.78 is 11.0. The van der Waals surface area contributed by atoms with Crippen molar-refractivity contribution in [2.75, 3.05) is 13.2 Å². The van der Waals surface area contributed by atoms with Crippen molar-refractivity contribution >= 4 is 50.3 Å². The van der Waals surface area contributed by atoms with Gasteiger partial charge in [0.05, 0.1) is 23.4 Å². The van der Waals surface area contributed by atoms with E-state index in [2.05, 4.69) is 45.6 Å². The van der Waals surface area contributed by atoms with Crippen LogP contribution in [0.2, 0.25) is 5.02 Å². The SMILES string of the molecule is Cc1cc(OCCCc2c3n(c4c(-c5c(C)nn(C)c5C)cccc24)CCCN(Cc2cc(Br)cc(C(=O)O)c2)C3=O)cc(C)c1Cl. The minimum atomic E-state index is -1.00. The lowest BCUT2D eigenvalue weighted by molar-refractivity contribution is 0.0696. The quantitative estimate of drug-likeness (QED) is 0.155. The van der Waals surface area contributed by atoms with E-state index in [0.29, 0.717) is 49.2 Å². The van der Waals surface area contributed by atoms with E-state index < -0.39 is 5.97 Å². The molecule has 0 atom stereocenters. The molecule has 1 aliphatic rings. The molecule has 0 bridgehead atoms. The summed E-state index contributed by atoms with van der Waals surface area (Å²) in [4.78, 5) is 28.2. The second-order valence-corrected chi connectivity index (χ2v) is 13.7. The molecular formula is C37H38BrClN4O4. The van der Waals surface area contributed by atoms with Crippen LogP contribution in [-0.2, 0) is 26.6 Å². The molecule has 0 unspecified atom stereocenters. The summed E-state index contributed by atoms with van der Waals surface area (Å²) in [6, 6.07) is 15.3. The molecule has 244 valence electrons. The van der Waals surface area contributed by atoms with Crippen molar-refractivity contribution in [2.45, 2.75) is 60.0 Å². The van der Waals surface area contributed by atoms with Crippen LogP contribution in [0, 0.1) is 27.7 Å². The predicted octanol–water partition coefficient (Wildman–Crippen LogP) is 8.45. The molecule has 0 aliphatic carbocycles. The van der Waals surface area contributed by atoms with Gasteiger partial charge in [-0.1, -0.05) is 45.7 Å². The number of halogens is 2. The molecule has 3 aromatic carbocycles. The molecule has 8 nitrogen and oxygen atoms in total. The Kier molecular flexibility index (Phi) is 9.23. The predicted molar refractivity (Wildman–Crippen MR) is 189 cm³/mol. The average Bonchev–Trinajstić information content (AvgIpc) is 3.41. The number of nitrogens with zero attached hydrogens (tertiary/aromatic N) is 4. The minimum Gasteiger partial charge on any atom is -0.494 e. The van der Waals surface area contributed by atoms with Crippen LogP contribution in [0.5, 0.6) is 5.75 Å². The van der Waals surface area contributed by atoms with Gasteiger partial charge in [0, 0.05) is 58.4 Å². The average molecular weight is 718 g/mol. The number of aromatic nitrogens is 3. The Morgan fingerprint density at radius 2 is 1.81 bits per heavy atom. The molecule has 0 saturated carbocycles. The third-order valence-corrected chi connectivity index (χ3v) is 10.1. The molecule has 0 fully saturated rings. The number of hydrogen-bond acceptors (Lipinski definition) is 4.